The molecule has 0 aliphatic carbocycles. The number of amides is 2. The average Bonchev–Trinajstić information content (AvgIpc) is 2.37. The van der Waals surface area contributed by atoms with Crippen molar-refractivity contribution in [2.45, 2.75) is 25.8 Å². The largest absolute Gasteiger partial charge is 0.340 e. The van der Waals surface area contributed by atoms with Gasteiger partial charge in [0.2, 0.25) is 5.91 Å². The number of rotatable bonds is 2. The van der Waals surface area contributed by atoms with Gasteiger partial charge in [0.05, 0.1) is 0 Å². The molecule has 1 aromatic rings. The molecule has 1 aromatic carbocycles. The van der Waals surface area contributed by atoms with Crippen molar-refractivity contribution in [3.05, 3.63) is 29.8 Å². The highest BCUT2D eigenvalue weighted by Crippen LogP contribution is 2.25. The SMILES string of the molecule is CCC1(C)NC(=O)CN(c2ccc(F)c(F)c2)C1=O. The molecule has 1 saturated heterocycles. The van der Waals surface area contributed by atoms with Crippen molar-refractivity contribution in [2.75, 3.05) is 11.4 Å². The zero-order valence-electron chi connectivity index (χ0n) is 10.7. The molecular formula is C13H14F2N2O2. The zero-order valence-corrected chi connectivity index (χ0v) is 10.7. The minimum absolute atomic E-state index is 0.179. The lowest BCUT2D eigenvalue weighted by atomic mass is 9.94. The van der Waals surface area contributed by atoms with Gasteiger partial charge in [-0.2, -0.15) is 0 Å². The molecule has 2 amide bonds. The van der Waals surface area contributed by atoms with Crippen LogP contribution >= 0.6 is 0 Å². The molecule has 0 radical (unpaired) electrons. The Morgan fingerprint density at radius 1 is 1.32 bits per heavy atom. The summed E-state index contributed by atoms with van der Waals surface area (Å²) in [5.41, 5.74) is -0.835. The smallest absolute Gasteiger partial charge is 0.252 e. The van der Waals surface area contributed by atoms with Crippen LogP contribution in [0.3, 0.4) is 0 Å². The van der Waals surface area contributed by atoms with Crippen LogP contribution < -0.4 is 10.2 Å². The van der Waals surface area contributed by atoms with E-state index < -0.39 is 17.2 Å². The van der Waals surface area contributed by atoms with Gasteiger partial charge in [-0.3, -0.25) is 9.59 Å². The van der Waals surface area contributed by atoms with Crippen LogP contribution in [0.5, 0.6) is 0 Å². The van der Waals surface area contributed by atoms with Crippen LogP contribution in [-0.4, -0.2) is 23.9 Å². The Morgan fingerprint density at radius 2 is 2.00 bits per heavy atom. The van der Waals surface area contributed by atoms with E-state index in [9.17, 15) is 18.4 Å². The fourth-order valence-electron chi connectivity index (χ4n) is 2.02. The zero-order chi connectivity index (χ0) is 14.2. The Morgan fingerprint density at radius 3 is 2.58 bits per heavy atom. The minimum atomic E-state index is -1.05. The Kier molecular flexibility index (Phi) is 3.26. The Labute approximate surface area is 109 Å². The van der Waals surface area contributed by atoms with E-state index in [0.717, 1.165) is 12.1 Å². The molecule has 2 rings (SSSR count). The van der Waals surface area contributed by atoms with Gasteiger partial charge < -0.3 is 10.2 Å². The summed E-state index contributed by atoms with van der Waals surface area (Å²) in [6.07, 6.45) is 0.414. The topological polar surface area (TPSA) is 49.4 Å². The predicted octanol–water partition coefficient (Wildman–Crippen LogP) is 1.60. The number of hydrogen-bond donors (Lipinski definition) is 1. The van der Waals surface area contributed by atoms with E-state index in [0.29, 0.717) is 6.42 Å². The molecule has 0 aromatic heterocycles. The third-order valence-corrected chi connectivity index (χ3v) is 3.36. The van der Waals surface area contributed by atoms with E-state index in [1.54, 1.807) is 13.8 Å². The monoisotopic (exact) mass is 268 g/mol. The highest BCUT2D eigenvalue weighted by Gasteiger charge is 2.42. The third kappa shape index (κ3) is 2.30. The molecule has 1 fully saturated rings. The fourth-order valence-corrected chi connectivity index (χ4v) is 2.02. The molecule has 4 nitrogen and oxygen atoms in total. The maximum Gasteiger partial charge on any atom is 0.252 e. The van der Waals surface area contributed by atoms with Gasteiger partial charge >= 0.3 is 0 Å². The number of nitrogens with zero attached hydrogens (tertiary/aromatic N) is 1. The Hall–Kier alpha value is -1.98. The number of nitrogens with one attached hydrogen (secondary N) is 1. The quantitative estimate of drug-likeness (QED) is 0.885. The summed E-state index contributed by atoms with van der Waals surface area (Å²) < 4.78 is 26.1. The van der Waals surface area contributed by atoms with Crippen molar-refractivity contribution in [3.63, 3.8) is 0 Å². The molecule has 1 N–H and O–H groups in total. The minimum Gasteiger partial charge on any atom is -0.340 e. The number of carbonyl (C=O) groups excluding carboxylic acids is 2. The van der Waals surface area contributed by atoms with Gasteiger partial charge in [-0.05, 0) is 25.5 Å². The Balaban J connectivity index is 2.40. The molecule has 102 valence electrons. The van der Waals surface area contributed by atoms with Crippen LogP contribution in [0.4, 0.5) is 14.5 Å². The van der Waals surface area contributed by atoms with Crippen molar-refractivity contribution in [1.82, 2.24) is 5.32 Å². The molecule has 0 saturated carbocycles. The number of benzene rings is 1. The lowest BCUT2D eigenvalue weighted by molar-refractivity contribution is -0.135. The van der Waals surface area contributed by atoms with E-state index in [-0.39, 0.29) is 24.0 Å². The van der Waals surface area contributed by atoms with E-state index in [1.165, 1.54) is 11.0 Å². The number of hydrogen-bond acceptors (Lipinski definition) is 2. The summed E-state index contributed by atoms with van der Waals surface area (Å²) in [5, 5.41) is 2.62. The summed E-state index contributed by atoms with van der Waals surface area (Å²) in [6, 6.07) is 3.14. The van der Waals surface area contributed by atoms with Gasteiger partial charge in [0.25, 0.3) is 5.91 Å². The van der Waals surface area contributed by atoms with Gasteiger partial charge in [0.1, 0.15) is 12.1 Å². The first kappa shape index (κ1) is 13.5. The van der Waals surface area contributed by atoms with Crippen LogP contribution in [0, 0.1) is 11.6 Å². The maximum absolute atomic E-state index is 13.2. The molecular weight excluding hydrogens is 254 g/mol. The molecule has 1 aliphatic rings. The van der Waals surface area contributed by atoms with Crippen LogP contribution in [0.2, 0.25) is 0 Å². The second kappa shape index (κ2) is 4.60. The van der Waals surface area contributed by atoms with Crippen molar-refractivity contribution in [1.29, 1.82) is 0 Å². The van der Waals surface area contributed by atoms with Gasteiger partial charge in [-0.25, -0.2) is 8.78 Å². The van der Waals surface area contributed by atoms with Crippen molar-refractivity contribution in [2.24, 2.45) is 0 Å². The molecule has 0 bridgehead atoms. The number of anilines is 1. The van der Waals surface area contributed by atoms with Gasteiger partial charge in [0, 0.05) is 11.8 Å². The number of halogens is 2. The first-order chi connectivity index (χ1) is 8.87. The van der Waals surface area contributed by atoms with Gasteiger partial charge in [0.15, 0.2) is 11.6 Å². The van der Waals surface area contributed by atoms with Crippen LogP contribution in [0.15, 0.2) is 18.2 Å². The predicted molar refractivity (Wildman–Crippen MR) is 65.5 cm³/mol. The lowest BCUT2D eigenvalue weighted by Crippen LogP contribution is -2.65. The molecule has 0 spiro atoms. The second-order valence-corrected chi connectivity index (χ2v) is 4.72. The average molecular weight is 268 g/mol. The number of piperazine rings is 1. The Bertz CT molecular complexity index is 547. The van der Waals surface area contributed by atoms with Crippen LogP contribution in [0.1, 0.15) is 20.3 Å². The van der Waals surface area contributed by atoms with Crippen molar-refractivity contribution < 1.29 is 18.4 Å². The van der Waals surface area contributed by atoms with Gasteiger partial charge in [-0.1, -0.05) is 6.92 Å². The summed E-state index contributed by atoms with van der Waals surface area (Å²) in [5.74, 6) is -2.69. The first-order valence-corrected chi connectivity index (χ1v) is 5.95. The fraction of sp³-hybridized carbons (Fsp3) is 0.385. The summed E-state index contributed by atoms with van der Waals surface area (Å²) in [4.78, 5) is 25.1. The van der Waals surface area contributed by atoms with Crippen molar-refractivity contribution in [3.8, 4) is 0 Å². The molecule has 1 heterocycles. The molecule has 1 aliphatic heterocycles. The molecule has 1 atom stereocenters. The van der Waals surface area contributed by atoms with Crippen LogP contribution in [-0.2, 0) is 9.59 Å². The summed E-state index contributed by atoms with van der Waals surface area (Å²) >= 11 is 0. The van der Waals surface area contributed by atoms with E-state index in [4.69, 9.17) is 0 Å². The van der Waals surface area contributed by atoms with Crippen molar-refractivity contribution >= 4 is 17.5 Å². The molecule has 1 unspecified atom stereocenters. The maximum atomic E-state index is 13.2. The van der Waals surface area contributed by atoms with Gasteiger partial charge in [-0.15, -0.1) is 0 Å². The van der Waals surface area contributed by atoms with Crippen LogP contribution in [0.25, 0.3) is 0 Å². The highest BCUT2D eigenvalue weighted by molar-refractivity contribution is 6.08. The molecule has 6 heteroatoms. The molecule has 19 heavy (non-hydrogen) atoms. The normalized spacial score (nSPS) is 23.5. The summed E-state index contributed by atoms with van der Waals surface area (Å²) in [7, 11) is 0. The number of carbonyl (C=O) groups is 2. The third-order valence-electron chi connectivity index (χ3n) is 3.36. The van der Waals surface area contributed by atoms with E-state index in [2.05, 4.69) is 5.32 Å². The standard InChI is InChI=1S/C13H14F2N2O2/c1-3-13(2)12(19)17(7-11(18)16-13)8-4-5-9(14)10(15)6-8/h4-6H,3,7H2,1-2H3,(H,16,18). The second-order valence-electron chi connectivity index (χ2n) is 4.72. The first-order valence-electron chi connectivity index (χ1n) is 5.95. The summed E-state index contributed by atoms with van der Waals surface area (Å²) in [6.45, 7) is 3.19. The highest BCUT2D eigenvalue weighted by atomic mass is 19.2. The lowest BCUT2D eigenvalue weighted by Gasteiger charge is -2.39. The van der Waals surface area contributed by atoms with E-state index in [1.807, 2.05) is 0 Å². The van der Waals surface area contributed by atoms with E-state index >= 15 is 0 Å².